The molecule has 0 aliphatic carbocycles. The van der Waals surface area contributed by atoms with Gasteiger partial charge >= 0.3 is 5.69 Å². The molecule has 1 aromatic rings. The Kier molecular flexibility index (Phi) is 7.14. The highest BCUT2D eigenvalue weighted by Crippen LogP contribution is 2.51. The monoisotopic (exact) mass is 430 g/mol. The highest BCUT2D eigenvalue weighted by atomic mass is 31.2. The molecule has 0 aromatic carbocycles. The van der Waals surface area contributed by atoms with Gasteiger partial charge in [0.25, 0.3) is 13.1 Å². The molecule has 2 aliphatic rings. The molecule has 0 spiro atoms. The molecular weight excluding hydrogens is 399 g/mol. The van der Waals surface area contributed by atoms with E-state index in [1.807, 2.05) is 16.6 Å². The van der Waals surface area contributed by atoms with Crippen LogP contribution in [0, 0.1) is 6.92 Å². The van der Waals surface area contributed by atoms with Crippen molar-refractivity contribution in [3.8, 4) is 0 Å². The molecule has 0 amide bonds. The van der Waals surface area contributed by atoms with Crippen LogP contribution in [0.3, 0.4) is 0 Å². The van der Waals surface area contributed by atoms with Crippen LogP contribution >= 0.6 is 7.52 Å². The first-order valence-corrected chi connectivity index (χ1v) is 12.0. The van der Waals surface area contributed by atoms with E-state index in [1.165, 1.54) is 10.8 Å². The number of hydrogen-bond donors (Lipinski definition) is 2. The first-order chi connectivity index (χ1) is 13.7. The summed E-state index contributed by atoms with van der Waals surface area (Å²) in [5.74, 6) is 0. The molecule has 4 atom stereocenters. The van der Waals surface area contributed by atoms with Crippen molar-refractivity contribution < 1.29 is 18.9 Å². The Labute approximate surface area is 169 Å². The third-order valence-electron chi connectivity index (χ3n) is 5.56. The number of H-pyrrole nitrogens is 1. The second-order valence-corrected chi connectivity index (χ2v) is 10.4. The summed E-state index contributed by atoms with van der Waals surface area (Å²) >= 11 is 0. The van der Waals surface area contributed by atoms with Gasteiger partial charge in [-0.15, -0.1) is 0 Å². The van der Waals surface area contributed by atoms with Crippen molar-refractivity contribution in [3.05, 3.63) is 32.6 Å². The zero-order valence-electron chi connectivity index (χ0n) is 17.2. The molecule has 10 nitrogen and oxygen atoms in total. The maximum atomic E-state index is 13.2. The van der Waals surface area contributed by atoms with Gasteiger partial charge in [-0.25, -0.2) is 9.46 Å². The Morgan fingerprint density at radius 1 is 1.38 bits per heavy atom. The number of rotatable bonds is 7. The summed E-state index contributed by atoms with van der Waals surface area (Å²) in [5.41, 5.74) is -0.507. The molecule has 2 N–H and O–H groups in total. The molecule has 1 aromatic heterocycles. The smallest absolute Gasteiger partial charge is 0.330 e. The molecule has 2 unspecified atom stereocenters. The molecule has 2 aliphatic heterocycles. The lowest BCUT2D eigenvalue weighted by atomic mass is 10.2. The van der Waals surface area contributed by atoms with E-state index in [2.05, 4.69) is 4.98 Å². The third kappa shape index (κ3) is 5.25. The second-order valence-electron chi connectivity index (χ2n) is 7.98. The topological polar surface area (TPSA) is 117 Å². The summed E-state index contributed by atoms with van der Waals surface area (Å²) < 4.78 is 28.3. The molecule has 164 valence electrons. The van der Waals surface area contributed by atoms with Gasteiger partial charge in [0.1, 0.15) is 0 Å². The van der Waals surface area contributed by atoms with Crippen molar-refractivity contribution in [2.24, 2.45) is 0 Å². The maximum absolute atomic E-state index is 13.2. The van der Waals surface area contributed by atoms with Gasteiger partial charge in [-0.1, -0.05) is 0 Å². The Balaban J connectivity index is 1.67. The minimum atomic E-state index is -3.02. The Bertz CT molecular complexity index is 871. The lowest BCUT2D eigenvalue weighted by Crippen LogP contribution is -2.48. The molecular formula is C18H31N4O6P. The van der Waals surface area contributed by atoms with Crippen molar-refractivity contribution in [1.29, 1.82) is 0 Å². The van der Waals surface area contributed by atoms with E-state index < -0.39 is 25.0 Å². The summed E-state index contributed by atoms with van der Waals surface area (Å²) in [4.78, 5) is 28.1. The van der Waals surface area contributed by atoms with Crippen LogP contribution in [0.25, 0.3) is 0 Å². The second kappa shape index (κ2) is 9.24. The van der Waals surface area contributed by atoms with Crippen LogP contribution in [0.2, 0.25) is 0 Å². The van der Waals surface area contributed by atoms with E-state index in [-0.39, 0.29) is 25.4 Å². The van der Waals surface area contributed by atoms with Crippen LogP contribution < -0.4 is 11.2 Å². The summed E-state index contributed by atoms with van der Waals surface area (Å²) in [6, 6.07) is 0.0706. The van der Waals surface area contributed by atoms with E-state index in [1.54, 1.807) is 13.6 Å². The number of likely N-dealkylation sites (N-methyl/N-ethyl adjacent to an activating group) is 1. The van der Waals surface area contributed by atoms with Gasteiger partial charge < -0.3 is 14.4 Å². The molecule has 2 saturated heterocycles. The van der Waals surface area contributed by atoms with Gasteiger partial charge in [0, 0.05) is 50.7 Å². The fourth-order valence-electron chi connectivity index (χ4n) is 4.08. The van der Waals surface area contributed by atoms with Crippen LogP contribution in [-0.2, 0) is 13.8 Å². The number of ether oxygens (including phenoxy) is 1. The zero-order chi connectivity index (χ0) is 21.2. The van der Waals surface area contributed by atoms with Crippen LogP contribution in [0.5, 0.6) is 0 Å². The predicted octanol–water partition coefficient (Wildman–Crippen LogP) is 0.361. The zero-order valence-corrected chi connectivity index (χ0v) is 18.1. The fourth-order valence-corrected chi connectivity index (χ4v) is 6.00. The highest BCUT2D eigenvalue weighted by molar-refractivity contribution is 7.55. The minimum absolute atomic E-state index is 0.0622. The van der Waals surface area contributed by atoms with Crippen LogP contribution in [0.1, 0.15) is 31.1 Å². The van der Waals surface area contributed by atoms with Gasteiger partial charge in [0.15, 0.2) is 6.23 Å². The minimum Gasteiger partial charge on any atom is -0.396 e. The van der Waals surface area contributed by atoms with Crippen LogP contribution in [0.4, 0.5) is 0 Å². The average molecular weight is 430 g/mol. The first-order valence-electron chi connectivity index (χ1n) is 9.97. The Morgan fingerprint density at radius 3 is 2.86 bits per heavy atom. The van der Waals surface area contributed by atoms with Crippen molar-refractivity contribution in [1.82, 2.24) is 19.1 Å². The number of aromatic nitrogens is 2. The Hall–Kier alpha value is -1.29. The molecule has 11 heteroatoms. The van der Waals surface area contributed by atoms with E-state index >= 15 is 0 Å². The fraction of sp³-hybridized carbons (Fsp3) is 0.778. The predicted molar refractivity (Wildman–Crippen MR) is 108 cm³/mol. The van der Waals surface area contributed by atoms with Crippen LogP contribution in [-0.4, -0.2) is 82.9 Å². The molecule has 29 heavy (non-hydrogen) atoms. The van der Waals surface area contributed by atoms with Crippen LogP contribution in [0.15, 0.2) is 15.8 Å². The van der Waals surface area contributed by atoms with Gasteiger partial charge in [-0.05, 0) is 33.2 Å². The van der Waals surface area contributed by atoms with Gasteiger partial charge in [0.2, 0.25) is 0 Å². The standard InChI is InChI=1S/C18H31N4O6P/c1-13-9-21(18(25)19-17(13)24)16-11-20(2)10-15(28-16)12-27-29(3,26)22-7-4-5-14(22)6-8-23/h9,14-16,23H,4-8,10-12H2,1-3H3,(H,19,24,25)/t14-,15-,16?,29?/m0/s1. The van der Waals surface area contributed by atoms with Gasteiger partial charge in [-0.3, -0.25) is 23.8 Å². The third-order valence-corrected chi connectivity index (χ3v) is 7.65. The molecule has 3 rings (SSSR count). The lowest BCUT2D eigenvalue weighted by Gasteiger charge is -2.37. The SMILES string of the molecule is Cc1cn(C2CN(C)C[C@@H](COP(C)(=O)N3CCC[C@H]3CCO)O2)c(=O)[nH]c1=O. The molecule has 3 heterocycles. The number of nitrogens with one attached hydrogen (secondary N) is 1. The van der Waals surface area contributed by atoms with Crippen molar-refractivity contribution in [2.45, 2.75) is 44.6 Å². The number of aliphatic hydroxyl groups excluding tert-OH is 1. The molecule has 0 saturated carbocycles. The van der Waals surface area contributed by atoms with Gasteiger partial charge in [-0.2, -0.15) is 0 Å². The summed E-state index contributed by atoms with van der Waals surface area (Å²) in [6.07, 6.45) is 2.98. The summed E-state index contributed by atoms with van der Waals surface area (Å²) in [5, 5.41) is 9.24. The largest absolute Gasteiger partial charge is 0.396 e. The lowest BCUT2D eigenvalue weighted by molar-refractivity contribution is -0.128. The number of aliphatic hydroxyl groups is 1. The Morgan fingerprint density at radius 2 is 2.14 bits per heavy atom. The average Bonchev–Trinajstić information content (AvgIpc) is 3.12. The summed E-state index contributed by atoms with van der Waals surface area (Å²) in [6.45, 7) is 5.19. The van der Waals surface area contributed by atoms with E-state index in [4.69, 9.17) is 9.26 Å². The van der Waals surface area contributed by atoms with Crippen molar-refractivity contribution >= 4 is 7.52 Å². The normalized spacial score (nSPS) is 28.5. The van der Waals surface area contributed by atoms with E-state index in [9.17, 15) is 19.3 Å². The number of aryl methyl sites for hydroxylation is 1. The number of nitrogens with zero attached hydrogens (tertiary/aromatic N) is 3. The van der Waals surface area contributed by atoms with Crippen molar-refractivity contribution in [3.63, 3.8) is 0 Å². The van der Waals surface area contributed by atoms with Gasteiger partial charge in [0.05, 0.1) is 12.7 Å². The summed E-state index contributed by atoms with van der Waals surface area (Å²) in [7, 11) is -1.11. The molecule has 0 bridgehead atoms. The van der Waals surface area contributed by atoms with Crippen molar-refractivity contribution in [2.75, 3.05) is 46.6 Å². The molecule has 0 radical (unpaired) electrons. The highest BCUT2D eigenvalue weighted by Gasteiger charge is 2.37. The first kappa shape index (κ1) is 22.4. The van der Waals surface area contributed by atoms with E-state index in [0.29, 0.717) is 31.6 Å². The van der Waals surface area contributed by atoms with E-state index in [0.717, 1.165) is 12.8 Å². The number of morpholine rings is 1. The quantitative estimate of drug-likeness (QED) is 0.596. The number of aromatic amines is 1. The number of hydrogen-bond acceptors (Lipinski definition) is 7. The maximum Gasteiger partial charge on any atom is 0.330 e. The molecule has 2 fully saturated rings.